The number of hydrogen-bond donors (Lipinski definition) is 1. The second-order valence-corrected chi connectivity index (χ2v) is 7.96. The van der Waals surface area contributed by atoms with Crippen molar-refractivity contribution < 1.29 is 9.59 Å². The highest BCUT2D eigenvalue weighted by atomic mass is 35.5. The fourth-order valence-electron chi connectivity index (χ4n) is 2.40. The van der Waals surface area contributed by atoms with Gasteiger partial charge in [0.15, 0.2) is 0 Å². The van der Waals surface area contributed by atoms with E-state index in [0.29, 0.717) is 11.6 Å². The van der Waals surface area contributed by atoms with E-state index in [-0.39, 0.29) is 22.8 Å². The molecule has 26 heavy (non-hydrogen) atoms. The van der Waals surface area contributed by atoms with Crippen LogP contribution in [0, 0.1) is 6.92 Å². The topological polar surface area (TPSA) is 49.4 Å². The maximum Gasteiger partial charge on any atom is 0.235 e. The van der Waals surface area contributed by atoms with Gasteiger partial charge in [0.05, 0.1) is 11.0 Å². The molecular formula is C20H23ClN2O2S. The summed E-state index contributed by atoms with van der Waals surface area (Å²) in [4.78, 5) is 26.2. The Morgan fingerprint density at radius 1 is 1.19 bits per heavy atom. The Hall–Kier alpha value is -1.98. The molecule has 4 nitrogen and oxygen atoms in total. The van der Waals surface area contributed by atoms with Crippen molar-refractivity contribution in [2.24, 2.45) is 0 Å². The van der Waals surface area contributed by atoms with Gasteiger partial charge in [-0.1, -0.05) is 41.4 Å². The highest BCUT2D eigenvalue weighted by Crippen LogP contribution is 2.17. The molecule has 0 aliphatic carbocycles. The van der Waals surface area contributed by atoms with Crippen molar-refractivity contribution in [1.82, 2.24) is 4.90 Å². The van der Waals surface area contributed by atoms with E-state index in [1.54, 1.807) is 18.0 Å². The summed E-state index contributed by atoms with van der Waals surface area (Å²) in [7, 11) is 1.76. The van der Waals surface area contributed by atoms with Gasteiger partial charge in [-0.25, -0.2) is 0 Å². The molecule has 6 heteroatoms. The molecule has 2 amide bonds. The van der Waals surface area contributed by atoms with Crippen LogP contribution in [0.25, 0.3) is 0 Å². The minimum absolute atomic E-state index is 0.0156. The van der Waals surface area contributed by atoms with Gasteiger partial charge >= 0.3 is 0 Å². The van der Waals surface area contributed by atoms with Crippen molar-refractivity contribution in [3.05, 3.63) is 64.7 Å². The Kier molecular flexibility index (Phi) is 7.54. The van der Waals surface area contributed by atoms with Crippen LogP contribution in [-0.4, -0.2) is 34.8 Å². The lowest BCUT2D eigenvalue weighted by molar-refractivity contribution is -0.129. The first-order valence-electron chi connectivity index (χ1n) is 8.32. The number of nitrogens with zero attached hydrogens (tertiary/aromatic N) is 1. The number of carbonyl (C=O) groups is 2. The Bertz CT molecular complexity index is 765. The molecule has 0 fully saturated rings. The van der Waals surface area contributed by atoms with Crippen LogP contribution < -0.4 is 5.32 Å². The van der Waals surface area contributed by atoms with Crippen LogP contribution in [-0.2, 0) is 16.1 Å². The summed E-state index contributed by atoms with van der Waals surface area (Å²) in [6.45, 7) is 4.30. The largest absolute Gasteiger partial charge is 0.340 e. The molecule has 0 saturated heterocycles. The highest BCUT2D eigenvalue weighted by Gasteiger charge is 2.19. The molecule has 1 N–H and O–H groups in total. The average Bonchev–Trinajstić information content (AvgIpc) is 2.61. The number of aryl methyl sites for hydroxylation is 1. The molecule has 2 aromatic carbocycles. The van der Waals surface area contributed by atoms with E-state index in [1.165, 1.54) is 11.8 Å². The number of halogens is 1. The van der Waals surface area contributed by atoms with E-state index >= 15 is 0 Å². The van der Waals surface area contributed by atoms with Crippen molar-refractivity contribution >= 4 is 40.9 Å². The van der Waals surface area contributed by atoms with Crippen molar-refractivity contribution in [2.75, 3.05) is 18.1 Å². The van der Waals surface area contributed by atoms with Crippen molar-refractivity contribution in [3.63, 3.8) is 0 Å². The number of hydrogen-bond acceptors (Lipinski definition) is 3. The first-order valence-corrected chi connectivity index (χ1v) is 9.75. The molecule has 0 heterocycles. The van der Waals surface area contributed by atoms with E-state index < -0.39 is 0 Å². The summed E-state index contributed by atoms with van der Waals surface area (Å²) >= 11 is 7.31. The van der Waals surface area contributed by atoms with Gasteiger partial charge in [0, 0.05) is 24.3 Å². The van der Waals surface area contributed by atoms with Gasteiger partial charge in [-0.3, -0.25) is 9.59 Å². The number of rotatable bonds is 7. The number of anilines is 1. The van der Waals surface area contributed by atoms with E-state index in [9.17, 15) is 9.59 Å². The maximum absolute atomic E-state index is 12.5. The lowest BCUT2D eigenvalue weighted by Gasteiger charge is -2.21. The van der Waals surface area contributed by atoms with Crippen LogP contribution in [0.1, 0.15) is 18.1 Å². The molecule has 0 bridgehead atoms. The van der Waals surface area contributed by atoms with Crippen LogP contribution in [0.3, 0.4) is 0 Å². The lowest BCUT2D eigenvalue weighted by atomic mass is 10.2. The quantitative estimate of drug-likeness (QED) is 0.763. The summed E-state index contributed by atoms with van der Waals surface area (Å²) in [5, 5.41) is 3.19. The summed E-state index contributed by atoms with van der Waals surface area (Å²) in [5.74, 6) is 0.0975. The van der Waals surface area contributed by atoms with Gasteiger partial charge in [-0.15, -0.1) is 11.8 Å². The number of benzene rings is 2. The second kappa shape index (κ2) is 9.64. The molecule has 0 radical (unpaired) electrons. The highest BCUT2D eigenvalue weighted by molar-refractivity contribution is 8.01. The molecule has 0 spiro atoms. The Labute approximate surface area is 163 Å². The molecule has 1 atom stereocenters. The van der Waals surface area contributed by atoms with Gasteiger partial charge < -0.3 is 10.2 Å². The predicted octanol–water partition coefficient (Wildman–Crippen LogP) is 4.37. The first kappa shape index (κ1) is 20.3. The maximum atomic E-state index is 12.5. The van der Waals surface area contributed by atoms with Crippen molar-refractivity contribution in [2.45, 2.75) is 25.6 Å². The number of amides is 2. The summed E-state index contributed by atoms with van der Waals surface area (Å²) in [6, 6.07) is 15.1. The van der Waals surface area contributed by atoms with Crippen LogP contribution in [0.2, 0.25) is 5.02 Å². The minimum atomic E-state index is -0.303. The molecule has 0 aromatic heterocycles. The zero-order valence-corrected chi connectivity index (χ0v) is 16.7. The molecular weight excluding hydrogens is 368 g/mol. The number of thioether (sulfide) groups is 1. The molecule has 0 aliphatic rings. The normalized spacial score (nSPS) is 11.7. The fraction of sp³-hybridized carbons (Fsp3) is 0.300. The first-order chi connectivity index (χ1) is 12.3. The van der Waals surface area contributed by atoms with Gasteiger partial charge in [0.2, 0.25) is 11.8 Å². The zero-order valence-electron chi connectivity index (χ0n) is 15.2. The Morgan fingerprint density at radius 2 is 1.88 bits per heavy atom. The van der Waals surface area contributed by atoms with E-state index in [1.807, 2.05) is 56.3 Å². The van der Waals surface area contributed by atoms with Crippen molar-refractivity contribution in [3.8, 4) is 0 Å². The van der Waals surface area contributed by atoms with Gasteiger partial charge in [0.25, 0.3) is 0 Å². The monoisotopic (exact) mass is 390 g/mol. The average molecular weight is 391 g/mol. The minimum Gasteiger partial charge on any atom is -0.340 e. The standard InChI is InChI=1S/C20H23ClN2O2S/c1-14-7-9-18(10-8-14)22-19(24)13-26-15(2)20(25)23(3)12-16-5-4-6-17(21)11-16/h4-11,15H,12-13H2,1-3H3,(H,22,24). The van der Waals surface area contributed by atoms with E-state index in [2.05, 4.69) is 5.32 Å². The van der Waals surface area contributed by atoms with Crippen molar-refractivity contribution in [1.29, 1.82) is 0 Å². The van der Waals surface area contributed by atoms with Crippen LogP contribution in [0.15, 0.2) is 48.5 Å². The SMILES string of the molecule is Cc1ccc(NC(=O)CSC(C)C(=O)N(C)Cc2cccc(Cl)c2)cc1. The fourth-order valence-corrected chi connectivity index (χ4v) is 3.41. The Morgan fingerprint density at radius 3 is 2.54 bits per heavy atom. The van der Waals surface area contributed by atoms with Gasteiger partial charge in [-0.2, -0.15) is 0 Å². The number of carbonyl (C=O) groups excluding carboxylic acids is 2. The van der Waals surface area contributed by atoms with Gasteiger partial charge in [-0.05, 0) is 43.7 Å². The molecule has 1 unspecified atom stereocenters. The summed E-state index contributed by atoms with van der Waals surface area (Å²) < 4.78 is 0. The Balaban J connectivity index is 1.80. The third-order valence-electron chi connectivity index (χ3n) is 3.83. The molecule has 0 aliphatic heterocycles. The van der Waals surface area contributed by atoms with E-state index in [0.717, 1.165) is 16.8 Å². The van der Waals surface area contributed by atoms with Gasteiger partial charge in [0.1, 0.15) is 0 Å². The predicted molar refractivity (Wildman–Crippen MR) is 110 cm³/mol. The molecule has 2 aromatic rings. The van der Waals surface area contributed by atoms with Crippen LogP contribution in [0.5, 0.6) is 0 Å². The van der Waals surface area contributed by atoms with E-state index in [4.69, 9.17) is 11.6 Å². The third-order valence-corrected chi connectivity index (χ3v) is 5.20. The molecule has 2 rings (SSSR count). The van der Waals surface area contributed by atoms with Crippen LogP contribution in [0.4, 0.5) is 5.69 Å². The smallest absolute Gasteiger partial charge is 0.235 e. The third kappa shape index (κ3) is 6.39. The molecule has 138 valence electrons. The number of nitrogens with one attached hydrogen (secondary N) is 1. The zero-order chi connectivity index (χ0) is 19.1. The summed E-state index contributed by atoms with van der Waals surface area (Å²) in [5.41, 5.74) is 2.88. The lowest BCUT2D eigenvalue weighted by Crippen LogP contribution is -2.33. The molecule has 0 saturated carbocycles. The second-order valence-electron chi connectivity index (χ2n) is 6.19. The van der Waals surface area contributed by atoms with Crippen LogP contribution >= 0.6 is 23.4 Å². The summed E-state index contributed by atoms with van der Waals surface area (Å²) in [6.07, 6.45) is 0.